The first-order chi connectivity index (χ1) is 14.0. The van der Waals surface area contributed by atoms with E-state index in [-0.39, 0.29) is 11.7 Å². The van der Waals surface area contributed by atoms with Crippen molar-refractivity contribution >= 4 is 38.1 Å². The zero-order valence-corrected chi connectivity index (χ0v) is 17.3. The molecular formula is C20H19N3O4S2. The molecule has 1 aliphatic rings. The van der Waals surface area contributed by atoms with E-state index in [9.17, 15) is 13.2 Å². The van der Waals surface area contributed by atoms with Crippen LogP contribution in [0.15, 0.2) is 53.9 Å². The summed E-state index contributed by atoms with van der Waals surface area (Å²) >= 11 is 1.33. The lowest BCUT2D eigenvalue weighted by atomic mass is 10.2. The Bertz CT molecular complexity index is 1140. The first-order valence-electron chi connectivity index (χ1n) is 8.98. The molecule has 4 rings (SSSR count). The van der Waals surface area contributed by atoms with Crippen molar-refractivity contribution in [3.8, 4) is 17.0 Å². The van der Waals surface area contributed by atoms with Crippen LogP contribution in [-0.4, -0.2) is 38.7 Å². The molecule has 2 heterocycles. The molecule has 7 nitrogen and oxygen atoms in total. The number of methoxy groups -OCH3 is 1. The molecule has 1 aromatic heterocycles. The summed E-state index contributed by atoms with van der Waals surface area (Å²) in [5.41, 5.74) is 2.56. The van der Waals surface area contributed by atoms with Gasteiger partial charge in [-0.3, -0.25) is 14.4 Å². The highest BCUT2D eigenvalue weighted by Crippen LogP contribution is 2.28. The van der Waals surface area contributed by atoms with Gasteiger partial charge in [-0.2, -0.15) is 0 Å². The quantitative estimate of drug-likeness (QED) is 0.669. The van der Waals surface area contributed by atoms with Gasteiger partial charge < -0.3 is 4.74 Å². The van der Waals surface area contributed by atoms with Crippen LogP contribution in [0.4, 0.5) is 10.8 Å². The topological polar surface area (TPSA) is 88.6 Å². The fraction of sp³-hybridized carbons (Fsp3) is 0.200. The second-order valence-corrected chi connectivity index (χ2v) is 9.38. The summed E-state index contributed by atoms with van der Waals surface area (Å²) in [4.78, 5) is 17.1. The molecule has 1 amide bonds. The number of nitrogens with one attached hydrogen (secondary N) is 1. The Hall–Kier alpha value is -2.91. The molecule has 1 saturated heterocycles. The second kappa shape index (κ2) is 7.84. The Morgan fingerprint density at radius 3 is 2.69 bits per heavy atom. The highest BCUT2D eigenvalue weighted by Gasteiger charge is 2.28. The number of hydrogen-bond acceptors (Lipinski definition) is 6. The van der Waals surface area contributed by atoms with Gasteiger partial charge in [-0.25, -0.2) is 13.4 Å². The first-order valence-corrected chi connectivity index (χ1v) is 11.5. The zero-order valence-electron chi connectivity index (χ0n) is 15.7. The molecule has 9 heteroatoms. The fourth-order valence-electron chi connectivity index (χ4n) is 3.13. The molecule has 1 N–H and O–H groups in total. The van der Waals surface area contributed by atoms with Crippen LogP contribution in [0, 0.1) is 0 Å². The third-order valence-corrected chi connectivity index (χ3v) is 7.23. The Morgan fingerprint density at radius 2 is 2.00 bits per heavy atom. The molecule has 0 bridgehead atoms. The number of sulfonamides is 1. The van der Waals surface area contributed by atoms with Gasteiger partial charge in [0.05, 0.1) is 24.2 Å². The van der Waals surface area contributed by atoms with Gasteiger partial charge in [-0.15, -0.1) is 11.3 Å². The number of amides is 1. The highest BCUT2D eigenvalue weighted by molar-refractivity contribution is 7.93. The summed E-state index contributed by atoms with van der Waals surface area (Å²) < 4.78 is 30.8. The number of rotatable bonds is 5. The van der Waals surface area contributed by atoms with Crippen LogP contribution in [0.1, 0.15) is 16.8 Å². The van der Waals surface area contributed by atoms with E-state index in [0.29, 0.717) is 29.3 Å². The monoisotopic (exact) mass is 429 g/mol. The van der Waals surface area contributed by atoms with Crippen molar-refractivity contribution in [3.63, 3.8) is 0 Å². The minimum Gasteiger partial charge on any atom is -0.497 e. The van der Waals surface area contributed by atoms with Gasteiger partial charge in [0.25, 0.3) is 5.91 Å². The number of thiazole rings is 1. The smallest absolute Gasteiger partial charge is 0.257 e. The van der Waals surface area contributed by atoms with Crippen LogP contribution in [-0.2, 0) is 10.0 Å². The van der Waals surface area contributed by atoms with Crippen LogP contribution in [0.5, 0.6) is 5.75 Å². The molecular weight excluding hydrogens is 410 g/mol. The Kier molecular flexibility index (Phi) is 5.25. The van der Waals surface area contributed by atoms with Crippen molar-refractivity contribution in [1.82, 2.24) is 4.98 Å². The Balaban J connectivity index is 1.50. The van der Waals surface area contributed by atoms with Crippen LogP contribution in [0.25, 0.3) is 11.3 Å². The maximum absolute atomic E-state index is 12.6. The van der Waals surface area contributed by atoms with Crippen LogP contribution >= 0.6 is 11.3 Å². The van der Waals surface area contributed by atoms with Crippen LogP contribution in [0.3, 0.4) is 0 Å². The number of anilines is 2. The highest BCUT2D eigenvalue weighted by atomic mass is 32.2. The molecule has 2 aromatic carbocycles. The van der Waals surface area contributed by atoms with E-state index in [4.69, 9.17) is 4.74 Å². The molecule has 0 radical (unpaired) electrons. The van der Waals surface area contributed by atoms with Gasteiger partial charge in [0.1, 0.15) is 5.75 Å². The number of hydrogen-bond donors (Lipinski definition) is 1. The van der Waals surface area contributed by atoms with E-state index in [1.54, 1.807) is 31.4 Å². The summed E-state index contributed by atoms with van der Waals surface area (Å²) in [6.45, 7) is 0.436. The maximum Gasteiger partial charge on any atom is 0.257 e. The van der Waals surface area contributed by atoms with E-state index >= 15 is 0 Å². The van der Waals surface area contributed by atoms with Gasteiger partial charge >= 0.3 is 0 Å². The van der Waals surface area contributed by atoms with Crippen molar-refractivity contribution in [2.45, 2.75) is 6.42 Å². The minimum absolute atomic E-state index is 0.136. The lowest BCUT2D eigenvalue weighted by molar-refractivity contribution is 0.102. The van der Waals surface area contributed by atoms with Crippen molar-refractivity contribution in [2.24, 2.45) is 0 Å². The third kappa shape index (κ3) is 4.10. The van der Waals surface area contributed by atoms with Gasteiger partial charge in [-0.05, 0) is 48.9 Å². The van der Waals surface area contributed by atoms with E-state index in [1.165, 1.54) is 15.6 Å². The average Bonchev–Trinajstić information content (AvgIpc) is 3.34. The summed E-state index contributed by atoms with van der Waals surface area (Å²) in [5.74, 6) is 0.563. The lowest BCUT2D eigenvalue weighted by Crippen LogP contribution is -2.25. The summed E-state index contributed by atoms with van der Waals surface area (Å²) in [6.07, 6.45) is 0.589. The number of carbonyl (C=O) groups is 1. The van der Waals surface area contributed by atoms with E-state index in [2.05, 4.69) is 10.3 Å². The Labute approximate surface area is 173 Å². The number of nitrogens with zero attached hydrogens (tertiary/aromatic N) is 2. The van der Waals surface area contributed by atoms with Gasteiger partial charge in [0.15, 0.2) is 5.13 Å². The normalized spacial score (nSPS) is 15.3. The summed E-state index contributed by atoms with van der Waals surface area (Å²) in [7, 11) is -1.68. The van der Waals surface area contributed by atoms with Crippen LogP contribution in [0.2, 0.25) is 0 Å². The largest absolute Gasteiger partial charge is 0.497 e. The molecule has 0 unspecified atom stereocenters. The second-order valence-electron chi connectivity index (χ2n) is 6.51. The minimum atomic E-state index is -3.29. The Morgan fingerprint density at radius 1 is 1.21 bits per heavy atom. The average molecular weight is 430 g/mol. The lowest BCUT2D eigenvalue weighted by Gasteiger charge is -2.17. The van der Waals surface area contributed by atoms with Crippen molar-refractivity contribution < 1.29 is 17.9 Å². The summed E-state index contributed by atoms with van der Waals surface area (Å²) in [5, 5.41) is 5.12. The molecule has 0 aliphatic carbocycles. The van der Waals surface area contributed by atoms with Crippen molar-refractivity contribution in [1.29, 1.82) is 0 Å². The van der Waals surface area contributed by atoms with E-state index in [0.717, 1.165) is 17.0 Å². The third-order valence-electron chi connectivity index (χ3n) is 4.61. The standard InChI is InChI=1S/C20H19N3O4S2/c1-27-17-8-6-14(7-9-17)18-13-28-20(21-18)22-19(24)15-4-2-5-16(12-15)23-10-3-11-29(23,25)26/h2,4-9,12-13H,3,10-11H2,1H3,(H,21,22,24). The van der Waals surface area contributed by atoms with Crippen molar-refractivity contribution in [2.75, 3.05) is 29.0 Å². The molecule has 3 aromatic rings. The van der Waals surface area contributed by atoms with E-state index < -0.39 is 10.0 Å². The molecule has 1 aliphatic heterocycles. The van der Waals surface area contributed by atoms with E-state index in [1.807, 2.05) is 29.6 Å². The van der Waals surface area contributed by atoms with Gasteiger partial charge in [0, 0.05) is 23.1 Å². The SMILES string of the molecule is COc1ccc(-c2csc(NC(=O)c3cccc(N4CCCS4(=O)=O)c3)n2)cc1. The predicted molar refractivity (Wildman–Crippen MR) is 114 cm³/mol. The maximum atomic E-state index is 12.6. The molecule has 0 saturated carbocycles. The van der Waals surface area contributed by atoms with Crippen LogP contribution < -0.4 is 14.4 Å². The number of benzene rings is 2. The predicted octanol–water partition coefficient (Wildman–Crippen LogP) is 3.61. The molecule has 0 spiro atoms. The molecule has 0 atom stereocenters. The molecule has 29 heavy (non-hydrogen) atoms. The van der Waals surface area contributed by atoms with Crippen molar-refractivity contribution in [3.05, 3.63) is 59.5 Å². The number of ether oxygens (including phenoxy) is 1. The van der Waals surface area contributed by atoms with Gasteiger partial charge in [0.2, 0.25) is 10.0 Å². The summed E-state index contributed by atoms with van der Waals surface area (Å²) in [6, 6.07) is 14.1. The number of carbonyl (C=O) groups excluding carboxylic acids is 1. The molecule has 1 fully saturated rings. The zero-order chi connectivity index (χ0) is 20.4. The fourth-order valence-corrected chi connectivity index (χ4v) is 5.40. The van der Waals surface area contributed by atoms with Gasteiger partial charge in [-0.1, -0.05) is 6.07 Å². The first kappa shape index (κ1) is 19.4. The molecule has 150 valence electrons. The number of aromatic nitrogens is 1.